The lowest BCUT2D eigenvalue weighted by Crippen LogP contribution is -2.21. The summed E-state index contributed by atoms with van der Waals surface area (Å²) < 4.78 is 4.53. The third-order valence-corrected chi connectivity index (χ3v) is 2.57. The molecule has 3 nitrogen and oxygen atoms in total. The molecule has 1 aliphatic carbocycles. The fourth-order valence-corrected chi connectivity index (χ4v) is 1.95. The Kier molecular flexibility index (Phi) is 1.44. The quantitative estimate of drug-likeness (QED) is 0.384. The van der Waals surface area contributed by atoms with Crippen LogP contribution in [-0.2, 0) is 14.3 Å². The van der Waals surface area contributed by atoms with Crippen LogP contribution in [0.3, 0.4) is 0 Å². The Morgan fingerprint density at radius 2 is 1.45 bits per heavy atom. The summed E-state index contributed by atoms with van der Waals surface area (Å²) in [6.45, 7) is 0. The number of esters is 2. The van der Waals surface area contributed by atoms with Crippen LogP contribution in [0.2, 0.25) is 0 Å². The van der Waals surface area contributed by atoms with E-state index in [2.05, 4.69) is 4.74 Å². The summed E-state index contributed by atoms with van der Waals surface area (Å²) in [7, 11) is 0. The van der Waals surface area contributed by atoms with Crippen molar-refractivity contribution < 1.29 is 14.3 Å². The molecule has 1 saturated carbocycles. The van der Waals surface area contributed by atoms with Crippen molar-refractivity contribution in [3.05, 3.63) is 0 Å². The van der Waals surface area contributed by atoms with Gasteiger partial charge in [0, 0.05) is 0 Å². The number of carbonyl (C=O) groups excluding carboxylic acids is 2. The first-order chi connectivity index (χ1) is 5.29. The maximum absolute atomic E-state index is 11.0. The molecule has 1 heterocycles. The number of rotatable bonds is 0. The molecule has 2 atom stereocenters. The van der Waals surface area contributed by atoms with Crippen LogP contribution >= 0.6 is 0 Å². The number of ether oxygens (including phenoxy) is 1. The molecule has 1 aliphatic heterocycles. The van der Waals surface area contributed by atoms with Gasteiger partial charge >= 0.3 is 11.9 Å². The number of cyclic esters (lactones) is 2. The molecule has 2 fully saturated rings. The zero-order chi connectivity index (χ0) is 7.84. The molecular weight excluding hydrogens is 144 g/mol. The molecule has 0 aromatic rings. The second kappa shape index (κ2) is 2.32. The van der Waals surface area contributed by atoms with E-state index in [1.807, 2.05) is 0 Å². The average molecular weight is 154 g/mol. The molecule has 0 aromatic heterocycles. The van der Waals surface area contributed by atoms with Crippen LogP contribution in [0.25, 0.3) is 0 Å². The van der Waals surface area contributed by atoms with Crippen LogP contribution in [0, 0.1) is 11.8 Å². The molecule has 0 bridgehead atoms. The van der Waals surface area contributed by atoms with Gasteiger partial charge in [-0.15, -0.1) is 0 Å². The van der Waals surface area contributed by atoms with E-state index in [0.717, 1.165) is 25.7 Å². The third-order valence-electron chi connectivity index (χ3n) is 2.57. The van der Waals surface area contributed by atoms with Gasteiger partial charge in [-0.2, -0.15) is 0 Å². The third kappa shape index (κ3) is 0.951. The fourth-order valence-electron chi connectivity index (χ4n) is 1.95. The first-order valence-electron chi connectivity index (χ1n) is 4.04. The van der Waals surface area contributed by atoms with Crippen molar-refractivity contribution in [1.82, 2.24) is 0 Å². The first-order valence-corrected chi connectivity index (χ1v) is 4.04. The van der Waals surface area contributed by atoms with E-state index in [1.54, 1.807) is 0 Å². The second-order valence-electron chi connectivity index (χ2n) is 3.24. The highest BCUT2D eigenvalue weighted by Gasteiger charge is 2.44. The summed E-state index contributed by atoms with van der Waals surface area (Å²) in [6, 6.07) is 0. The Morgan fingerprint density at radius 1 is 1.00 bits per heavy atom. The van der Waals surface area contributed by atoms with E-state index in [-0.39, 0.29) is 23.8 Å². The lowest BCUT2D eigenvalue weighted by molar-refractivity contribution is -0.153. The van der Waals surface area contributed by atoms with E-state index in [1.165, 1.54) is 0 Å². The minimum atomic E-state index is -0.292. The Bertz CT molecular complexity index is 187. The molecule has 0 spiro atoms. The standard InChI is InChI=1S/C8H10O3/c9-7-5-3-1-2-4-6(5)8(10)11-7/h5-6H,1-4H2/t5-,6-/m1/s1. The molecule has 60 valence electrons. The van der Waals surface area contributed by atoms with Crippen molar-refractivity contribution in [1.29, 1.82) is 0 Å². The Labute approximate surface area is 64.7 Å². The van der Waals surface area contributed by atoms with Crippen molar-refractivity contribution in [3.63, 3.8) is 0 Å². The molecule has 0 N–H and O–H groups in total. The van der Waals surface area contributed by atoms with Gasteiger partial charge in [0.05, 0.1) is 11.8 Å². The summed E-state index contributed by atoms with van der Waals surface area (Å²) >= 11 is 0. The fraction of sp³-hybridized carbons (Fsp3) is 0.750. The molecule has 0 unspecified atom stereocenters. The Hall–Kier alpha value is -0.860. The van der Waals surface area contributed by atoms with Gasteiger partial charge in [-0.3, -0.25) is 9.59 Å². The SMILES string of the molecule is O=C1OC(=O)[C@@H]2CCCC[C@@H]12. The summed E-state index contributed by atoms with van der Waals surface area (Å²) in [5, 5.41) is 0. The van der Waals surface area contributed by atoms with Gasteiger partial charge in [-0.25, -0.2) is 0 Å². The molecule has 0 aromatic carbocycles. The van der Waals surface area contributed by atoms with Gasteiger partial charge in [0.15, 0.2) is 0 Å². The predicted octanol–water partition coefficient (Wildman–Crippen LogP) is 0.876. The molecule has 1 saturated heterocycles. The lowest BCUT2D eigenvalue weighted by Gasteiger charge is -2.18. The average Bonchev–Trinajstić information content (AvgIpc) is 2.30. The zero-order valence-electron chi connectivity index (χ0n) is 6.21. The number of fused-ring (bicyclic) bond motifs is 1. The minimum absolute atomic E-state index is 0.101. The second-order valence-corrected chi connectivity index (χ2v) is 3.24. The van der Waals surface area contributed by atoms with Gasteiger partial charge < -0.3 is 4.74 Å². The van der Waals surface area contributed by atoms with Crippen molar-refractivity contribution in [2.45, 2.75) is 25.7 Å². The zero-order valence-corrected chi connectivity index (χ0v) is 6.21. The highest BCUT2D eigenvalue weighted by atomic mass is 16.6. The number of hydrogen-bond acceptors (Lipinski definition) is 3. The minimum Gasteiger partial charge on any atom is -0.393 e. The summed E-state index contributed by atoms with van der Waals surface area (Å²) in [4.78, 5) is 22.0. The van der Waals surface area contributed by atoms with Crippen LogP contribution in [0.5, 0.6) is 0 Å². The van der Waals surface area contributed by atoms with Crippen LogP contribution in [-0.4, -0.2) is 11.9 Å². The molecule has 2 rings (SSSR count). The summed E-state index contributed by atoms with van der Waals surface area (Å²) in [5.74, 6) is -0.785. The van der Waals surface area contributed by atoms with E-state index >= 15 is 0 Å². The van der Waals surface area contributed by atoms with Gasteiger partial charge in [-0.1, -0.05) is 12.8 Å². The molecule has 3 heteroatoms. The van der Waals surface area contributed by atoms with E-state index in [4.69, 9.17) is 0 Å². The van der Waals surface area contributed by atoms with E-state index in [0.29, 0.717) is 0 Å². The lowest BCUT2D eigenvalue weighted by atomic mass is 9.81. The highest BCUT2D eigenvalue weighted by molar-refractivity contribution is 5.96. The maximum Gasteiger partial charge on any atom is 0.317 e. The Morgan fingerprint density at radius 3 is 1.91 bits per heavy atom. The first kappa shape index (κ1) is 6.83. The number of hydrogen-bond donors (Lipinski definition) is 0. The van der Waals surface area contributed by atoms with Gasteiger partial charge in [-0.05, 0) is 12.8 Å². The van der Waals surface area contributed by atoms with Crippen LogP contribution in [0.15, 0.2) is 0 Å². The smallest absolute Gasteiger partial charge is 0.317 e. The van der Waals surface area contributed by atoms with Crippen molar-refractivity contribution in [3.8, 4) is 0 Å². The van der Waals surface area contributed by atoms with Crippen LogP contribution < -0.4 is 0 Å². The van der Waals surface area contributed by atoms with Gasteiger partial charge in [0.2, 0.25) is 0 Å². The van der Waals surface area contributed by atoms with Crippen LogP contribution in [0.4, 0.5) is 0 Å². The van der Waals surface area contributed by atoms with Crippen molar-refractivity contribution in [2.75, 3.05) is 0 Å². The van der Waals surface area contributed by atoms with E-state index < -0.39 is 0 Å². The van der Waals surface area contributed by atoms with Crippen LogP contribution in [0.1, 0.15) is 25.7 Å². The summed E-state index contributed by atoms with van der Waals surface area (Å²) in [6.07, 6.45) is 3.80. The maximum atomic E-state index is 11.0. The Balaban J connectivity index is 2.19. The largest absolute Gasteiger partial charge is 0.393 e. The summed E-state index contributed by atoms with van der Waals surface area (Å²) in [5.41, 5.74) is 0. The van der Waals surface area contributed by atoms with E-state index in [9.17, 15) is 9.59 Å². The van der Waals surface area contributed by atoms with Crippen molar-refractivity contribution >= 4 is 11.9 Å². The van der Waals surface area contributed by atoms with Gasteiger partial charge in [0.1, 0.15) is 0 Å². The number of carbonyl (C=O) groups is 2. The molecule has 11 heavy (non-hydrogen) atoms. The molecule has 2 aliphatic rings. The molecular formula is C8H10O3. The molecule has 0 radical (unpaired) electrons. The predicted molar refractivity (Wildman–Crippen MR) is 36.5 cm³/mol. The monoisotopic (exact) mass is 154 g/mol. The van der Waals surface area contributed by atoms with Gasteiger partial charge in [0.25, 0.3) is 0 Å². The molecule has 0 amide bonds. The van der Waals surface area contributed by atoms with Crippen molar-refractivity contribution in [2.24, 2.45) is 11.8 Å². The normalized spacial score (nSPS) is 36.7. The topological polar surface area (TPSA) is 43.4 Å². The highest BCUT2D eigenvalue weighted by Crippen LogP contribution is 2.36.